The predicted octanol–water partition coefficient (Wildman–Crippen LogP) is 6.06. The number of hydrogen-bond acceptors (Lipinski definition) is 3. The summed E-state index contributed by atoms with van der Waals surface area (Å²) in [7, 11) is -3.32. The molecular formula is C22H15Cl2FN2O2S. The predicted molar refractivity (Wildman–Crippen MR) is 118 cm³/mol. The van der Waals surface area contributed by atoms with Crippen LogP contribution >= 0.6 is 23.2 Å². The lowest BCUT2D eigenvalue weighted by atomic mass is 10.1. The molecule has 1 aromatic heterocycles. The average Bonchev–Trinajstić information content (AvgIpc) is 3.18. The van der Waals surface area contributed by atoms with Crippen LogP contribution in [0.4, 0.5) is 4.39 Å². The lowest BCUT2D eigenvalue weighted by Gasteiger charge is -2.13. The molecule has 0 spiro atoms. The highest BCUT2D eigenvalue weighted by Crippen LogP contribution is 2.34. The van der Waals surface area contributed by atoms with Crippen molar-refractivity contribution in [1.82, 2.24) is 9.55 Å². The van der Waals surface area contributed by atoms with Gasteiger partial charge in [-0.3, -0.25) is 4.57 Å². The fourth-order valence-corrected chi connectivity index (χ4v) is 4.31. The average molecular weight is 461 g/mol. The molecule has 0 saturated carbocycles. The maximum absolute atomic E-state index is 13.9. The lowest BCUT2D eigenvalue weighted by Crippen LogP contribution is -1.99. The maximum atomic E-state index is 13.9. The molecule has 0 N–H and O–H groups in total. The van der Waals surface area contributed by atoms with E-state index in [0.29, 0.717) is 22.1 Å². The second kappa shape index (κ2) is 7.87. The zero-order valence-corrected chi connectivity index (χ0v) is 18.0. The standard InChI is InChI=1S/C22H15Cl2FN2O2S/c1-30(28,29)16-5-2-4-14(12-16)15-8-9-20(18(23)13-15)27-11-10-26-22(27)17-6-3-7-19(25)21(17)24/h2-13H,1H3. The van der Waals surface area contributed by atoms with Gasteiger partial charge in [0, 0.05) is 24.2 Å². The van der Waals surface area contributed by atoms with Gasteiger partial charge in [0.15, 0.2) is 9.84 Å². The molecule has 0 radical (unpaired) electrons. The van der Waals surface area contributed by atoms with E-state index in [-0.39, 0.29) is 9.92 Å². The normalized spacial score (nSPS) is 11.6. The third-order valence-corrected chi connectivity index (χ3v) is 6.43. The molecule has 0 amide bonds. The van der Waals surface area contributed by atoms with Crippen molar-refractivity contribution in [2.24, 2.45) is 0 Å². The molecule has 4 nitrogen and oxygen atoms in total. The number of aromatic nitrogens is 2. The molecule has 4 aromatic rings. The Hall–Kier alpha value is -2.67. The summed E-state index contributed by atoms with van der Waals surface area (Å²) in [6.45, 7) is 0. The van der Waals surface area contributed by atoms with Crippen molar-refractivity contribution in [3.8, 4) is 28.2 Å². The number of hydrogen-bond donors (Lipinski definition) is 0. The molecule has 0 bridgehead atoms. The summed E-state index contributed by atoms with van der Waals surface area (Å²) in [6, 6.07) is 16.6. The van der Waals surface area contributed by atoms with E-state index in [4.69, 9.17) is 23.2 Å². The molecule has 4 rings (SSSR count). The Kier molecular flexibility index (Phi) is 5.40. The van der Waals surface area contributed by atoms with E-state index in [1.807, 2.05) is 12.1 Å². The van der Waals surface area contributed by atoms with Crippen LogP contribution in [-0.4, -0.2) is 24.2 Å². The van der Waals surface area contributed by atoms with Crippen molar-refractivity contribution >= 4 is 33.0 Å². The minimum atomic E-state index is -3.32. The Morgan fingerprint density at radius 3 is 2.43 bits per heavy atom. The van der Waals surface area contributed by atoms with E-state index < -0.39 is 15.7 Å². The monoisotopic (exact) mass is 460 g/mol. The molecule has 0 atom stereocenters. The van der Waals surface area contributed by atoms with Crippen LogP contribution in [0.3, 0.4) is 0 Å². The second-order valence-electron chi connectivity index (χ2n) is 6.69. The van der Waals surface area contributed by atoms with Crippen molar-refractivity contribution in [1.29, 1.82) is 0 Å². The highest BCUT2D eigenvalue weighted by atomic mass is 35.5. The van der Waals surface area contributed by atoms with Crippen LogP contribution in [0.1, 0.15) is 0 Å². The molecule has 0 unspecified atom stereocenters. The summed E-state index contributed by atoms with van der Waals surface area (Å²) in [5.74, 6) is -0.0795. The van der Waals surface area contributed by atoms with Gasteiger partial charge in [-0.2, -0.15) is 0 Å². The molecule has 0 aliphatic rings. The first kappa shape index (κ1) is 20.6. The van der Waals surface area contributed by atoms with Gasteiger partial charge in [-0.25, -0.2) is 17.8 Å². The number of nitrogens with zero attached hydrogens (tertiary/aromatic N) is 2. The van der Waals surface area contributed by atoms with Crippen LogP contribution in [0.15, 0.2) is 78.0 Å². The second-order valence-corrected chi connectivity index (χ2v) is 9.49. The number of imidazole rings is 1. The first-order chi connectivity index (χ1) is 14.3. The van der Waals surface area contributed by atoms with E-state index in [0.717, 1.165) is 11.1 Å². The molecule has 0 saturated heterocycles. The first-order valence-corrected chi connectivity index (χ1v) is 11.5. The molecule has 3 aromatic carbocycles. The van der Waals surface area contributed by atoms with E-state index in [1.54, 1.807) is 59.4 Å². The van der Waals surface area contributed by atoms with E-state index in [9.17, 15) is 12.8 Å². The van der Waals surface area contributed by atoms with E-state index >= 15 is 0 Å². The maximum Gasteiger partial charge on any atom is 0.175 e. The summed E-state index contributed by atoms with van der Waals surface area (Å²) in [4.78, 5) is 4.55. The zero-order chi connectivity index (χ0) is 21.5. The number of sulfone groups is 1. The SMILES string of the molecule is CS(=O)(=O)c1cccc(-c2ccc(-n3ccnc3-c3cccc(F)c3Cl)c(Cl)c2)c1. The number of rotatable bonds is 4. The summed E-state index contributed by atoms with van der Waals surface area (Å²) >= 11 is 12.7. The fourth-order valence-electron chi connectivity index (χ4n) is 3.16. The number of halogens is 3. The van der Waals surface area contributed by atoms with Crippen molar-refractivity contribution < 1.29 is 12.8 Å². The zero-order valence-electron chi connectivity index (χ0n) is 15.7. The van der Waals surface area contributed by atoms with Gasteiger partial charge in [0.1, 0.15) is 11.6 Å². The smallest absolute Gasteiger partial charge is 0.175 e. The quantitative estimate of drug-likeness (QED) is 0.372. The Morgan fingerprint density at radius 2 is 1.70 bits per heavy atom. The Bertz CT molecular complexity index is 1370. The molecule has 8 heteroatoms. The minimum Gasteiger partial charge on any atom is -0.298 e. The third-order valence-electron chi connectivity index (χ3n) is 4.64. The summed E-state index contributed by atoms with van der Waals surface area (Å²) in [6.07, 6.45) is 4.46. The Labute approximate surface area is 183 Å². The van der Waals surface area contributed by atoms with Crippen molar-refractivity contribution in [2.75, 3.05) is 6.26 Å². The van der Waals surface area contributed by atoms with Crippen LogP contribution in [-0.2, 0) is 9.84 Å². The largest absolute Gasteiger partial charge is 0.298 e. The molecule has 0 fully saturated rings. The molecule has 0 aliphatic heterocycles. The molecule has 1 heterocycles. The highest BCUT2D eigenvalue weighted by Gasteiger charge is 2.16. The van der Waals surface area contributed by atoms with Gasteiger partial charge >= 0.3 is 0 Å². The molecule has 152 valence electrons. The van der Waals surface area contributed by atoms with Crippen LogP contribution in [0.5, 0.6) is 0 Å². The molecule has 30 heavy (non-hydrogen) atoms. The van der Waals surface area contributed by atoms with Gasteiger partial charge in [-0.15, -0.1) is 0 Å². The van der Waals surface area contributed by atoms with Crippen molar-refractivity contribution in [3.63, 3.8) is 0 Å². The molecule has 0 aliphatic carbocycles. The van der Waals surface area contributed by atoms with Gasteiger partial charge < -0.3 is 0 Å². The van der Waals surface area contributed by atoms with Crippen LogP contribution in [0.25, 0.3) is 28.2 Å². The van der Waals surface area contributed by atoms with E-state index in [2.05, 4.69) is 4.98 Å². The van der Waals surface area contributed by atoms with Gasteiger partial charge in [0.05, 0.1) is 20.6 Å². The van der Waals surface area contributed by atoms with Gasteiger partial charge in [-0.1, -0.05) is 47.5 Å². The minimum absolute atomic E-state index is 0.0183. The van der Waals surface area contributed by atoms with E-state index in [1.165, 1.54) is 12.3 Å². The topological polar surface area (TPSA) is 52.0 Å². The van der Waals surface area contributed by atoms with Gasteiger partial charge in [0.25, 0.3) is 0 Å². The molecular weight excluding hydrogens is 446 g/mol. The number of benzene rings is 3. The lowest BCUT2D eigenvalue weighted by molar-refractivity contribution is 0.602. The summed E-state index contributed by atoms with van der Waals surface area (Å²) in [5, 5.41) is 0.402. The van der Waals surface area contributed by atoms with Crippen LogP contribution in [0, 0.1) is 5.82 Å². The van der Waals surface area contributed by atoms with Gasteiger partial charge in [0.2, 0.25) is 0 Å². The van der Waals surface area contributed by atoms with Crippen LogP contribution < -0.4 is 0 Å². The van der Waals surface area contributed by atoms with Crippen molar-refractivity contribution in [2.45, 2.75) is 4.90 Å². The highest BCUT2D eigenvalue weighted by molar-refractivity contribution is 7.90. The third kappa shape index (κ3) is 3.86. The van der Waals surface area contributed by atoms with Crippen molar-refractivity contribution in [3.05, 3.63) is 88.9 Å². The summed E-state index contributed by atoms with van der Waals surface area (Å²) in [5.41, 5.74) is 2.57. The van der Waals surface area contributed by atoms with Crippen LogP contribution in [0.2, 0.25) is 10.0 Å². The summed E-state index contributed by atoms with van der Waals surface area (Å²) < 4.78 is 39.3. The van der Waals surface area contributed by atoms with Gasteiger partial charge in [-0.05, 0) is 47.5 Å². The fraction of sp³-hybridized carbons (Fsp3) is 0.0455. The Balaban J connectivity index is 1.78. The first-order valence-electron chi connectivity index (χ1n) is 8.84. The Morgan fingerprint density at radius 1 is 0.967 bits per heavy atom.